The monoisotopic (exact) mass is 394 g/mol. The van der Waals surface area contributed by atoms with Gasteiger partial charge in [-0.25, -0.2) is 0 Å². The second-order valence-corrected chi connectivity index (χ2v) is 7.84. The lowest BCUT2D eigenvalue weighted by molar-refractivity contribution is 0.104. The lowest BCUT2D eigenvalue weighted by Gasteiger charge is -2.05. The van der Waals surface area contributed by atoms with Gasteiger partial charge in [-0.3, -0.25) is 4.79 Å². The van der Waals surface area contributed by atoms with Crippen LogP contribution < -0.4 is 0 Å². The number of rotatable bonds is 2. The molecule has 3 aromatic rings. The van der Waals surface area contributed by atoms with Crippen molar-refractivity contribution in [3.63, 3.8) is 0 Å². The zero-order valence-corrected chi connectivity index (χ0v) is 13.7. The average molecular weight is 396 g/mol. The van der Waals surface area contributed by atoms with Gasteiger partial charge in [0.1, 0.15) is 0 Å². The van der Waals surface area contributed by atoms with Crippen LogP contribution in [0.3, 0.4) is 0 Å². The molecule has 0 aliphatic rings. The molecule has 0 atom stereocenters. The second-order valence-electron chi connectivity index (χ2n) is 4.09. The van der Waals surface area contributed by atoms with E-state index in [0.717, 1.165) is 23.9 Å². The number of carbonyl (C=O) groups excluding carboxylic acids is 1. The van der Waals surface area contributed by atoms with E-state index in [4.69, 9.17) is 0 Å². The van der Waals surface area contributed by atoms with Crippen molar-refractivity contribution in [1.82, 2.24) is 0 Å². The number of carbonyl (C=O) groups is 1. The van der Waals surface area contributed by atoms with E-state index >= 15 is 0 Å². The topological polar surface area (TPSA) is 17.1 Å². The van der Waals surface area contributed by atoms with Crippen molar-refractivity contribution < 1.29 is 4.79 Å². The van der Waals surface area contributed by atoms with Crippen molar-refractivity contribution in [2.75, 3.05) is 0 Å². The maximum absolute atomic E-state index is 12.7. The third-order valence-electron chi connectivity index (χ3n) is 2.94. The lowest BCUT2D eigenvalue weighted by atomic mass is 9.99. The Bertz CT molecular complexity index is 771. The van der Waals surface area contributed by atoms with E-state index in [-0.39, 0.29) is 5.78 Å². The zero-order valence-electron chi connectivity index (χ0n) is 9.69. The highest BCUT2D eigenvalue weighted by atomic mass is 79.9. The van der Waals surface area contributed by atoms with Gasteiger partial charge >= 0.3 is 0 Å². The van der Waals surface area contributed by atoms with E-state index in [2.05, 4.69) is 31.9 Å². The fourth-order valence-electron chi connectivity index (χ4n) is 2.06. The largest absolute Gasteiger partial charge is 0.289 e. The summed E-state index contributed by atoms with van der Waals surface area (Å²) in [6, 6.07) is 15.6. The normalized spacial score (nSPS) is 10.8. The summed E-state index contributed by atoms with van der Waals surface area (Å²) >= 11 is 8.37. The third-order valence-corrected chi connectivity index (χ3v) is 5.27. The van der Waals surface area contributed by atoms with Crippen molar-refractivity contribution >= 4 is 59.8 Å². The summed E-state index contributed by atoms with van der Waals surface area (Å²) in [6.45, 7) is 0. The molecule has 0 aliphatic carbocycles. The first-order chi connectivity index (χ1) is 9.16. The zero-order chi connectivity index (χ0) is 13.4. The molecule has 0 N–H and O–H groups in total. The Morgan fingerprint density at radius 2 is 1.68 bits per heavy atom. The first-order valence-corrected chi connectivity index (χ1v) is 8.04. The van der Waals surface area contributed by atoms with Gasteiger partial charge in [-0.2, -0.15) is 0 Å². The molecule has 0 bridgehead atoms. The molecule has 0 radical (unpaired) electrons. The Hall–Kier alpha value is -0.970. The molecule has 0 amide bonds. The van der Waals surface area contributed by atoms with Crippen molar-refractivity contribution in [3.8, 4) is 0 Å². The molecule has 2 aromatic carbocycles. The molecule has 94 valence electrons. The SMILES string of the molecule is O=C(c1cc(Br)sc1Br)c1cccc2ccccc12. The van der Waals surface area contributed by atoms with Crippen molar-refractivity contribution in [2.45, 2.75) is 0 Å². The van der Waals surface area contributed by atoms with E-state index in [1.807, 2.05) is 48.5 Å². The van der Waals surface area contributed by atoms with Gasteiger partial charge in [-0.15, -0.1) is 11.3 Å². The van der Waals surface area contributed by atoms with Crippen LogP contribution in [0.1, 0.15) is 15.9 Å². The minimum Gasteiger partial charge on any atom is -0.289 e. The van der Waals surface area contributed by atoms with Gasteiger partial charge in [0, 0.05) is 11.1 Å². The minimum absolute atomic E-state index is 0.0469. The molecule has 0 fully saturated rings. The first-order valence-electron chi connectivity index (χ1n) is 5.64. The fraction of sp³-hybridized carbons (Fsp3) is 0. The summed E-state index contributed by atoms with van der Waals surface area (Å²) in [5.41, 5.74) is 1.44. The molecule has 3 rings (SSSR count). The maximum Gasteiger partial charge on any atom is 0.195 e. The molecule has 19 heavy (non-hydrogen) atoms. The van der Waals surface area contributed by atoms with Gasteiger partial charge in [0.05, 0.1) is 7.57 Å². The van der Waals surface area contributed by atoms with Gasteiger partial charge in [0.15, 0.2) is 5.78 Å². The van der Waals surface area contributed by atoms with Crippen LogP contribution in [0.4, 0.5) is 0 Å². The smallest absolute Gasteiger partial charge is 0.195 e. The Labute approximate surface area is 131 Å². The van der Waals surface area contributed by atoms with Crippen LogP contribution in [0.2, 0.25) is 0 Å². The number of benzene rings is 2. The number of fused-ring (bicyclic) bond motifs is 1. The van der Waals surface area contributed by atoms with Gasteiger partial charge in [-0.05, 0) is 48.7 Å². The van der Waals surface area contributed by atoms with Crippen LogP contribution in [0.15, 0.2) is 56.1 Å². The van der Waals surface area contributed by atoms with Crippen LogP contribution >= 0.6 is 43.2 Å². The number of hydrogen-bond donors (Lipinski definition) is 0. The summed E-state index contributed by atoms with van der Waals surface area (Å²) in [7, 11) is 0. The lowest BCUT2D eigenvalue weighted by Crippen LogP contribution is -2.01. The standard InChI is InChI=1S/C15H8Br2OS/c16-13-8-12(15(17)19-13)14(18)11-7-3-5-9-4-1-2-6-10(9)11/h1-8H. The number of hydrogen-bond acceptors (Lipinski definition) is 2. The molecule has 4 heteroatoms. The Kier molecular flexibility index (Phi) is 3.56. The highest BCUT2D eigenvalue weighted by Gasteiger charge is 2.17. The van der Waals surface area contributed by atoms with Gasteiger partial charge in [-0.1, -0.05) is 42.5 Å². The molecule has 0 spiro atoms. The van der Waals surface area contributed by atoms with Gasteiger partial charge in [0.2, 0.25) is 0 Å². The minimum atomic E-state index is 0.0469. The van der Waals surface area contributed by atoms with Gasteiger partial charge < -0.3 is 0 Å². The second kappa shape index (κ2) is 5.19. The molecule has 0 unspecified atom stereocenters. The van der Waals surface area contributed by atoms with Crippen LogP contribution in [0, 0.1) is 0 Å². The molecule has 0 aliphatic heterocycles. The fourth-order valence-corrected chi connectivity index (χ4v) is 4.86. The van der Waals surface area contributed by atoms with E-state index in [1.54, 1.807) is 0 Å². The summed E-state index contributed by atoms with van der Waals surface area (Å²) in [4.78, 5) is 12.7. The van der Waals surface area contributed by atoms with Crippen LogP contribution in [0.5, 0.6) is 0 Å². The number of halogens is 2. The average Bonchev–Trinajstić information content (AvgIpc) is 2.76. The number of thiophene rings is 1. The molecular weight excluding hydrogens is 388 g/mol. The Balaban J connectivity index is 2.19. The van der Waals surface area contributed by atoms with Crippen LogP contribution in [0.25, 0.3) is 10.8 Å². The third kappa shape index (κ3) is 2.40. The van der Waals surface area contributed by atoms with Gasteiger partial charge in [0.25, 0.3) is 0 Å². The molecule has 1 nitrogen and oxygen atoms in total. The van der Waals surface area contributed by atoms with Crippen LogP contribution in [-0.2, 0) is 0 Å². The van der Waals surface area contributed by atoms with E-state index in [1.165, 1.54) is 11.3 Å². The molecule has 0 saturated heterocycles. The molecule has 1 heterocycles. The van der Waals surface area contributed by atoms with Crippen molar-refractivity contribution in [3.05, 3.63) is 67.2 Å². The van der Waals surface area contributed by atoms with Crippen LogP contribution in [-0.4, -0.2) is 5.78 Å². The molecule has 0 saturated carbocycles. The Morgan fingerprint density at radius 3 is 2.42 bits per heavy atom. The van der Waals surface area contributed by atoms with Crippen molar-refractivity contribution in [1.29, 1.82) is 0 Å². The summed E-state index contributed by atoms with van der Waals surface area (Å²) < 4.78 is 1.81. The highest BCUT2D eigenvalue weighted by molar-refractivity contribution is 9.12. The Morgan fingerprint density at radius 1 is 0.947 bits per heavy atom. The molecule has 1 aromatic heterocycles. The summed E-state index contributed by atoms with van der Waals surface area (Å²) in [5, 5.41) is 2.07. The summed E-state index contributed by atoms with van der Waals surface area (Å²) in [6.07, 6.45) is 0. The maximum atomic E-state index is 12.7. The summed E-state index contributed by atoms with van der Waals surface area (Å²) in [5.74, 6) is 0.0469. The molecular formula is C15H8Br2OS. The quantitative estimate of drug-likeness (QED) is 0.512. The van der Waals surface area contributed by atoms with Crippen molar-refractivity contribution in [2.24, 2.45) is 0 Å². The number of ketones is 1. The first kappa shape index (κ1) is 13.0. The van der Waals surface area contributed by atoms with E-state index in [9.17, 15) is 4.79 Å². The van der Waals surface area contributed by atoms with E-state index in [0.29, 0.717) is 5.56 Å². The van der Waals surface area contributed by atoms with E-state index < -0.39 is 0 Å². The predicted octanol–water partition coefficient (Wildman–Crippen LogP) is 5.66. The predicted molar refractivity (Wildman–Crippen MR) is 87.1 cm³/mol. The highest BCUT2D eigenvalue weighted by Crippen LogP contribution is 2.34.